The SMILES string of the molecule is CCOc1ccccc1NC(=O)Cn1nc(-c2ccc(OC)cc2OC)ccc1=O. The Bertz CT molecular complexity index is 1090. The molecule has 2 aromatic carbocycles. The van der Waals surface area contributed by atoms with Gasteiger partial charge in [-0.05, 0) is 37.3 Å². The summed E-state index contributed by atoms with van der Waals surface area (Å²) in [6, 6.07) is 15.3. The van der Waals surface area contributed by atoms with Crippen LogP contribution >= 0.6 is 0 Å². The fourth-order valence-corrected chi connectivity index (χ4v) is 2.89. The van der Waals surface area contributed by atoms with Crippen LogP contribution < -0.4 is 25.1 Å². The number of nitrogens with zero attached hydrogens (tertiary/aromatic N) is 2. The van der Waals surface area contributed by atoms with E-state index in [0.29, 0.717) is 40.8 Å². The third-order valence-electron chi connectivity index (χ3n) is 4.31. The quantitative estimate of drug-likeness (QED) is 0.615. The summed E-state index contributed by atoms with van der Waals surface area (Å²) in [7, 11) is 3.10. The van der Waals surface area contributed by atoms with Gasteiger partial charge in [-0.1, -0.05) is 12.1 Å². The standard InChI is InChI=1S/C22H23N3O5/c1-4-30-19-8-6-5-7-18(19)23-21(26)14-25-22(27)12-11-17(24-25)16-10-9-15(28-2)13-20(16)29-3/h5-13H,4,14H2,1-3H3,(H,23,26). The van der Waals surface area contributed by atoms with E-state index in [1.165, 1.54) is 13.2 Å². The molecule has 0 aliphatic carbocycles. The second-order valence-corrected chi connectivity index (χ2v) is 6.26. The van der Waals surface area contributed by atoms with E-state index in [2.05, 4.69) is 10.4 Å². The highest BCUT2D eigenvalue weighted by atomic mass is 16.5. The first-order valence-corrected chi connectivity index (χ1v) is 9.38. The van der Waals surface area contributed by atoms with Crippen molar-refractivity contribution in [2.75, 3.05) is 26.1 Å². The fraction of sp³-hybridized carbons (Fsp3) is 0.227. The lowest BCUT2D eigenvalue weighted by atomic mass is 10.1. The van der Waals surface area contributed by atoms with Crippen molar-refractivity contribution in [1.82, 2.24) is 9.78 Å². The van der Waals surface area contributed by atoms with Gasteiger partial charge >= 0.3 is 0 Å². The maximum absolute atomic E-state index is 12.5. The zero-order chi connectivity index (χ0) is 21.5. The Balaban J connectivity index is 1.85. The number of amides is 1. The number of benzene rings is 2. The maximum Gasteiger partial charge on any atom is 0.267 e. The summed E-state index contributed by atoms with van der Waals surface area (Å²) in [5, 5.41) is 7.10. The summed E-state index contributed by atoms with van der Waals surface area (Å²) in [6.07, 6.45) is 0. The van der Waals surface area contributed by atoms with Gasteiger partial charge in [-0.3, -0.25) is 9.59 Å². The molecule has 0 radical (unpaired) electrons. The van der Waals surface area contributed by atoms with Crippen LogP contribution in [0.3, 0.4) is 0 Å². The normalized spacial score (nSPS) is 10.4. The molecule has 0 fully saturated rings. The van der Waals surface area contributed by atoms with Gasteiger partial charge in [0.25, 0.3) is 5.56 Å². The van der Waals surface area contributed by atoms with Crippen LogP contribution in [-0.4, -0.2) is 36.5 Å². The number of nitrogens with one attached hydrogen (secondary N) is 1. The Morgan fingerprint density at radius 1 is 1.03 bits per heavy atom. The average molecular weight is 409 g/mol. The lowest BCUT2D eigenvalue weighted by Crippen LogP contribution is -2.29. The first-order chi connectivity index (χ1) is 14.5. The number of carbonyl (C=O) groups is 1. The van der Waals surface area contributed by atoms with Crippen LogP contribution in [0.4, 0.5) is 5.69 Å². The van der Waals surface area contributed by atoms with Crippen molar-refractivity contribution in [2.24, 2.45) is 0 Å². The minimum Gasteiger partial charge on any atom is -0.497 e. The van der Waals surface area contributed by atoms with Crippen LogP contribution in [0.15, 0.2) is 59.4 Å². The predicted octanol–water partition coefficient (Wildman–Crippen LogP) is 2.96. The molecule has 3 aromatic rings. The van der Waals surface area contributed by atoms with Gasteiger partial charge in [0.05, 0.1) is 32.2 Å². The number of aromatic nitrogens is 2. The highest BCUT2D eigenvalue weighted by Crippen LogP contribution is 2.31. The van der Waals surface area contributed by atoms with E-state index in [1.807, 2.05) is 13.0 Å². The van der Waals surface area contributed by atoms with Gasteiger partial charge in [0.1, 0.15) is 23.8 Å². The Hall–Kier alpha value is -3.81. The number of rotatable bonds is 8. The minimum atomic E-state index is -0.393. The van der Waals surface area contributed by atoms with Crippen LogP contribution in [0, 0.1) is 0 Å². The van der Waals surface area contributed by atoms with Gasteiger partial charge in [0, 0.05) is 17.7 Å². The average Bonchev–Trinajstić information content (AvgIpc) is 2.76. The zero-order valence-corrected chi connectivity index (χ0v) is 17.0. The Labute approximate surface area is 174 Å². The second kappa shape index (κ2) is 9.60. The van der Waals surface area contributed by atoms with E-state index in [-0.39, 0.29) is 12.1 Å². The molecule has 0 unspecified atom stereocenters. The third-order valence-corrected chi connectivity index (χ3v) is 4.31. The molecule has 8 nitrogen and oxygen atoms in total. The number of ether oxygens (including phenoxy) is 3. The summed E-state index contributed by atoms with van der Waals surface area (Å²) < 4.78 is 17.2. The molecule has 0 bridgehead atoms. The lowest BCUT2D eigenvalue weighted by molar-refractivity contribution is -0.117. The molecule has 0 saturated carbocycles. The van der Waals surface area contributed by atoms with Crippen molar-refractivity contribution in [3.8, 4) is 28.5 Å². The predicted molar refractivity (Wildman–Crippen MR) is 113 cm³/mol. The first-order valence-electron chi connectivity index (χ1n) is 9.38. The van der Waals surface area contributed by atoms with Crippen molar-refractivity contribution < 1.29 is 19.0 Å². The molecule has 1 aromatic heterocycles. The summed E-state index contributed by atoms with van der Waals surface area (Å²) in [4.78, 5) is 24.8. The lowest BCUT2D eigenvalue weighted by Gasteiger charge is -2.13. The van der Waals surface area contributed by atoms with E-state index in [1.54, 1.807) is 49.6 Å². The molecule has 156 valence electrons. The summed E-state index contributed by atoms with van der Waals surface area (Å²) in [5.41, 5.74) is 1.32. The Kier molecular flexibility index (Phi) is 6.69. The minimum absolute atomic E-state index is 0.244. The van der Waals surface area contributed by atoms with Crippen molar-refractivity contribution >= 4 is 11.6 Å². The maximum atomic E-state index is 12.5. The van der Waals surface area contributed by atoms with E-state index < -0.39 is 5.91 Å². The summed E-state index contributed by atoms with van der Waals surface area (Å²) >= 11 is 0. The summed E-state index contributed by atoms with van der Waals surface area (Å²) in [6.45, 7) is 2.09. The number of para-hydroxylation sites is 2. The highest BCUT2D eigenvalue weighted by molar-refractivity contribution is 5.92. The third kappa shape index (κ3) is 4.78. The topological polar surface area (TPSA) is 91.7 Å². The van der Waals surface area contributed by atoms with Crippen LogP contribution in [0.2, 0.25) is 0 Å². The van der Waals surface area contributed by atoms with E-state index in [4.69, 9.17) is 14.2 Å². The monoisotopic (exact) mass is 409 g/mol. The van der Waals surface area contributed by atoms with Gasteiger partial charge in [-0.15, -0.1) is 0 Å². The number of anilines is 1. The molecule has 1 amide bonds. The molecule has 0 aliphatic rings. The molecule has 3 rings (SSSR count). The van der Waals surface area contributed by atoms with Crippen LogP contribution in [-0.2, 0) is 11.3 Å². The molecule has 0 atom stereocenters. The number of hydrogen-bond donors (Lipinski definition) is 1. The summed E-state index contributed by atoms with van der Waals surface area (Å²) in [5.74, 6) is 1.35. The first kappa shape index (κ1) is 20.9. The van der Waals surface area contributed by atoms with Crippen molar-refractivity contribution in [3.05, 3.63) is 65.0 Å². The van der Waals surface area contributed by atoms with Crippen LogP contribution in [0.25, 0.3) is 11.3 Å². The number of methoxy groups -OCH3 is 2. The Morgan fingerprint density at radius 2 is 1.83 bits per heavy atom. The number of carbonyl (C=O) groups excluding carboxylic acids is 1. The molecule has 8 heteroatoms. The molecule has 0 saturated heterocycles. The molecule has 30 heavy (non-hydrogen) atoms. The zero-order valence-electron chi connectivity index (χ0n) is 17.0. The van der Waals surface area contributed by atoms with Gasteiger partial charge in [0.2, 0.25) is 5.91 Å². The van der Waals surface area contributed by atoms with Crippen molar-refractivity contribution in [1.29, 1.82) is 0 Å². The van der Waals surface area contributed by atoms with Gasteiger partial charge < -0.3 is 19.5 Å². The highest BCUT2D eigenvalue weighted by Gasteiger charge is 2.13. The van der Waals surface area contributed by atoms with E-state index in [9.17, 15) is 9.59 Å². The van der Waals surface area contributed by atoms with E-state index >= 15 is 0 Å². The largest absolute Gasteiger partial charge is 0.497 e. The molecular formula is C22H23N3O5. The second-order valence-electron chi connectivity index (χ2n) is 6.26. The van der Waals surface area contributed by atoms with Crippen LogP contribution in [0.1, 0.15) is 6.92 Å². The molecule has 1 N–H and O–H groups in total. The van der Waals surface area contributed by atoms with Crippen molar-refractivity contribution in [2.45, 2.75) is 13.5 Å². The van der Waals surface area contributed by atoms with Gasteiger partial charge in [-0.2, -0.15) is 5.10 Å². The fourth-order valence-electron chi connectivity index (χ4n) is 2.89. The van der Waals surface area contributed by atoms with Gasteiger partial charge in [-0.25, -0.2) is 4.68 Å². The molecule has 0 spiro atoms. The molecular weight excluding hydrogens is 386 g/mol. The molecule has 0 aliphatic heterocycles. The van der Waals surface area contributed by atoms with Gasteiger partial charge in [0.15, 0.2) is 0 Å². The van der Waals surface area contributed by atoms with Crippen LogP contribution in [0.5, 0.6) is 17.2 Å². The smallest absolute Gasteiger partial charge is 0.267 e. The van der Waals surface area contributed by atoms with Crippen molar-refractivity contribution in [3.63, 3.8) is 0 Å². The Morgan fingerprint density at radius 3 is 2.57 bits per heavy atom. The van der Waals surface area contributed by atoms with E-state index in [0.717, 1.165) is 4.68 Å². The number of hydrogen-bond acceptors (Lipinski definition) is 6. The molecule has 1 heterocycles.